The van der Waals surface area contributed by atoms with Crippen LogP contribution in [0.15, 0.2) is 42.9 Å². The molecule has 0 spiro atoms. The second-order valence-corrected chi connectivity index (χ2v) is 5.06. The van der Waals surface area contributed by atoms with Crippen LogP contribution in [0, 0.1) is 0 Å². The largest absolute Gasteiger partial charge is 0.497 e. The normalized spacial score (nSPS) is 10.7. The number of rotatable bonds is 3. The van der Waals surface area contributed by atoms with E-state index in [0.717, 1.165) is 17.0 Å². The van der Waals surface area contributed by atoms with E-state index >= 15 is 0 Å². The van der Waals surface area contributed by atoms with E-state index in [1.165, 1.54) is 4.90 Å². The SMILES string of the molecule is COc1ccc(-c2nccn3cc(C(=O)N(C)C)nc23)cc1. The van der Waals surface area contributed by atoms with Crippen molar-refractivity contribution in [1.29, 1.82) is 0 Å². The highest BCUT2D eigenvalue weighted by Crippen LogP contribution is 2.24. The monoisotopic (exact) mass is 296 g/mol. The minimum Gasteiger partial charge on any atom is -0.497 e. The zero-order valence-corrected chi connectivity index (χ0v) is 12.6. The lowest BCUT2D eigenvalue weighted by Gasteiger charge is -2.06. The van der Waals surface area contributed by atoms with Crippen LogP contribution in [0.25, 0.3) is 16.9 Å². The molecule has 0 aliphatic rings. The van der Waals surface area contributed by atoms with Crippen LogP contribution in [0.5, 0.6) is 5.75 Å². The lowest BCUT2D eigenvalue weighted by atomic mass is 10.1. The van der Waals surface area contributed by atoms with E-state index in [9.17, 15) is 4.79 Å². The average Bonchev–Trinajstić information content (AvgIpc) is 2.98. The summed E-state index contributed by atoms with van der Waals surface area (Å²) >= 11 is 0. The maximum Gasteiger partial charge on any atom is 0.273 e. The van der Waals surface area contributed by atoms with Gasteiger partial charge >= 0.3 is 0 Å². The summed E-state index contributed by atoms with van der Waals surface area (Å²) in [5.41, 5.74) is 2.69. The zero-order valence-electron chi connectivity index (χ0n) is 12.6. The van der Waals surface area contributed by atoms with E-state index in [1.807, 2.05) is 28.7 Å². The van der Waals surface area contributed by atoms with Gasteiger partial charge in [0.2, 0.25) is 0 Å². The Kier molecular flexibility index (Phi) is 3.50. The number of carbonyl (C=O) groups excluding carboxylic acids is 1. The van der Waals surface area contributed by atoms with Gasteiger partial charge in [-0.1, -0.05) is 0 Å². The molecule has 0 unspecified atom stereocenters. The smallest absolute Gasteiger partial charge is 0.273 e. The molecule has 22 heavy (non-hydrogen) atoms. The molecule has 0 N–H and O–H groups in total. The number of hydrogen-bond donors (Lipinski definition) is 0. The summed E-state index contributed by atoms with van der Waals surface area (Å²) in [6, 6.07) is 7.58. The van der Waals surface area contributed by atoms with E-state index < -0.39 is 0 Å². The fourth-order valence-electron chi connectivity index (χ4n) is 2.20. The van der Waals surface area contributed by atoms with E-state index in [0.29, 0.717) is 11.3 Å². The first-order valence-corrected chi connectivity index (χ1v) is 6.80. The maximum atomic E-state index is 12.1. The van der Waals surface area contributed by atoms with Gasteiger partial charge in [-0.3, -0.25) is 9.78 Å². The van der Waals surface area contributed by atoms with Gasteiger partial charge in [0.25, 0.3) is 5.91 Å². The van der Waals surface area contributed by atoms with Gasteiger partial charge in [0.15, 0.2) is 5.65 Å². The molecule has 6 nitrogen and oxygen atoms in total. The van der Waals surface area contributed by atoms with Gasteiger partial charge < -0.3 is 14.0 Å². The first kappa shape index (κ1) is 14.1. The molecule has 6 heteroatoms. The molecule has 0 saturated carbocycles. The molecule has 0 radical (unpaired) electrons. The number of fused-ring (bicyclic) bond motifs is 1. The molecule has 112 valence electrons. The fourth-order valence-corrected chi connectivity index (χ4v) is 2.20. The van der Waals surface area contributed by atoms with E-state index in [1.54, 1.807) is 39.8 Å². The highest BCUT2D eigenvalue weighted by Gasteiger charge is 2.15. The molecule has 0 bridgehead atoms. The van der Waals surface area contributed by atoms with Crippen molar-refractivity contribution >= 4 is 11.6 Å². The Morgan fingerprint density at radius 3 is 2.59 bits per heavy atom. The number of methoxy groups -OCH3 is 1. The lowest BCUT2D eigenvalue weighted by molar-refractivity contribution is 0.0822. The van der Waals surface area contributed by atoms with Crippen molar-refractivity contribution in [1.82, 2.24) is 19.3 Å². The first-order valence-electron chi connectivity index (χ1n) is 6.80. The number of nitrogens with zero attached hydrogens (tertiary/aromatic N) is 4. The average molecular weight is 296 g/mol. The van der Waals surface area contributed by atoms with Crippen LogP contribution >= 0.6 is 0 Å². The molecule has 0 fully saturated rings. The summed E-state index contributed by atoms with van der Waals surface area (Å²) in [6.45, 7) is 0. The molecule has 0 atom stereocenters. The minimum atomic E-state index is -0.135. The summed E-state index contributed by atoms with van der Waals surface area (Å²) < 4.78 is 6.97. The van der Waals surface area contributed by atoms with Crippen LogP contribution < -0.4 is 4.74 Å². The standard InChI is InChI=1S/C16H16N4O2/c1-19(2)16(21)13-10-20-9-8-17-14(15(20)18-13)11-4-6-12(22-3)7-5-11/h4-10H,1-3H3. The van der Waals surface area contributed by atoms with Crippen molar-refractivity contribution < 1.29 is 9.53 Å². The van der Waals surface area contributed by atoms with Crippen molar-refractivity contribution in [3.05, 3.63) is 48.5 Å². The summed E-state index contributed by atoms with van der Waals surface area (Å²) in [5, 5.41) is 0. The van der Waals surface area contributed by atoms with E-state index in [4.69, 9.17) is 4.74 Å². The highest BCUT2D eigenvalue weighted by atomic mass is 16.5. The minimum absolute atomic E-state index is 0.135. The van der Waals surface area contributed by atoms with Gasteiger partial charge in [-0.25, -0.2) is 4.98 Å². The van der Waals surface area contributed by atoms with Crippen LogP contribution in [0.4, 0.5) is 0 Å². The predicted molar refractivity (Wildman–Crippen MR) is 83.0 cm³/mol. The number of aromatic nitrogens is 3. The molecule has 0 saturated heterocycles. The van der Waals surface area contributed by atoms with Gasteiger partial charge in [-0.2, -0.15) is 0 Å². The number of amides is 1. The molecule has 2 heterocycles. The Hall–Kier alpha value is -2.89. The van der Waals surface area contributed by atoms with E-state index in [-0.39, 0.29) is 5.91 Å². The summed E-state index contributed by atoms with van der Waals surface area (Å²) in [6.07, 6.45) is 5.19. The molecule has 3 rings (SSSR count). The molecule has 0 aliphatic carbocycles. The van der Waals surface area contributed by atoms with Crippen LogP contribution in [0.3, 0.4) is 0 Å². The molecule has 1 amide bonds. The second-order valence-electron chi connectivity index (χ2n) is 5.06. The Bertz CT molecular complexity index is 822. The van der Waals surface area contributed by atoms with Crippen LogP contribution in [0.2, 0.25) is 0 Å². The van der Waals surface area contributed by atoms with Gasteiger partial charge in [0.1, 0.15) is 17.1 Å². The molecule has 0 aliphatic heterocycles. The Morgan fingerprint density at radius 2 is 1.95 bits per heavy atom. The fraction of sp³-hybridized carbons (Fsp3) is 0.188. The second kappa shape index (κ2) is 5.48. The number of imidazole rings is 1. The van der Waals surface area contributed by atoms with E-state index in [2.05, 4.69) is 9.97 Å². The molecular formula is C16H16N4O2. The highest BCUT2D eigenvalue weighted by molar-refractivity contribution is 5.93. The van der Waals surface area contributed by atoms with Crippen LogP contribution in [-0.4, -0.2) is 46.4 Å². The van der Waals surface area contributed by atoms with Crippen molar-refractivity contribution in [2.24, 2.45) is 0 Å². The van der Waals surface area contributed by atoms with Crippen LogP contribution in [0.1, 0.15) is 10.5 Å². The molecule has 1 aromatic carbocycles. The van der Waals surface area contributed by atoms with Gasteiger partial charge in [0.05, 0.1) is 7.11 Å². The quantitative estimate of drug-likeness (QED) is 0.742. The number of hydrogen-bond acceptors (Lipinski definition) is 4. The third-order valence-electron chi connectivity index (χ3n) is 3.36. The maximum absolute atomic E-state index is 12.1. The van der Waals surface area contributed by atoms with Crippen molar-refractivity contribution in [3.63, 3.8) is 0 Å². The topological polar surface area (TPSA) is 59.7 Å². The predicted octanol–water partition coefficient (Wildman–Crippen LogP) is 2.11. The summed E-state index contributed by atoms with van der Waals surface area (Å²) in [4.78, 5) is 22.4. The number of carbonyl (C=O) groups is 1. The Balaban J connectivity index is 2.11. The lowest BCUT2D eigenvalue weighted by Crippen LogP contribution is -2.21. The Morgan fingerprint density at radius 1 is 1.23 bits per heavy atom. The van der Waals surface area contributed by atoms with Gasteiger partial charge in [-0.15, -0.1) is 0 Å². The summed E-state index contributed by atoms with van der Waals surface area (Å²) in [7, 11) is 5.03. The molecular weight excluding hydrogens is 280 g/mol. The van der Waals surface area contributed by atoms with Crippen molar-refractivity contribution in [2.75, 3.05) is 21.2 Å². The zero-order chi connectivity index (χ0) is 15.7. The third-order valence-corrected chi connectivity index (χ3v) is 3.36. The first-order chi connectivity index (χ1) is 10.6. The molecule has 3 aromatic rings. The van der Waals surface area contributed by atoms with Crippen molar-refractivity contribution in [2.45, 2.75) is 0 Å². The summed E-state index contributed by atoms with van der Waals surface area (Å²) in [5.74, 6) is 0.645. The molecule has 2 aromatic heterocycles. The van der Waals surface area contributed by atoms with Gasteiger partial charge in [-0.05, 0) is 24.3 Å². The third kappa shape index (κ3) is 2.39. The van der Waals surface area contributed by atoms with Crippen molar-refractivity contribution in [3.8, 4) is 17.0 Å². The Labute approximate surface area is 128 Å². The van der Waals surface area contributed by atoms with Crippen LogP contribution in [-0.2, 0) is 0 Å². The number of benzene rings is 1. The van der Waals surface area contributed by atoms with Gasteiger partial charge in [0, 0.05) is 38.2 Å². The number of ether oxygens (including phenoxy) is 1.